The van der Waals surface area contributed by atoms with Crippen molar-refractivity contribution in [2.24, 2.45) is 5.92 Å². The van der Waals surface area contributed by atoms with Crippen molar-refractivity contribution in [1.82, 2.24) is 40.6 Å². The molecule has 1 aliphatic rings. The average molecular weight is 647 g/mol. The second kappa shape index (κ2) is 14.5. The van der Waals surface area contributed by atoms with Crippen LogP contribution in [-0.4, -0.2) is 67.9 Å². The number of hydrogen-bond donors (Lipinski definition) is 3. The smallest absolute Gasteiger partial charge is 0.273 e. The predicted octanol–water partition coefficient (Wildman–Crippen LogP) is 3.13. The van der Waals surface area contributed by atoms with E-state index in [0.717, 1.165) is 17.0 Å². The summed E-state index contributed by atoms with van der Waals surface area (Å²) in [7, 11) is 0. The number of hydrogen-bond acceptors (Lipinski definition) is 9. The molecule has 46 heavy (non-hydrogen) atoms. The van der Waals surface area contributed by atoms with Gasteiger partial charge in [0.2, 0.25) is 17.7 Å². The third-order valence-corrected chi connectivity index (χ3v) is 8.44. The highest BCUT2D eigenvalue weighted by Gasteiger charge is 2.28. The van der Waals surface area contributed by atoms with Gasteiger partial charge in [-0.25, -0.2) is 9.97 Å². The first-order valence-electron chi connectivity index (χ1n) is 15.2. The number of fused-ring (bicyclic) bond motifs is 4. The molecule has 242 valence electrons. The largest absolute Gasteiger partial charge is 0.446 e. The Hall–Kier alpha value is -4.85. The molecule has 1 aliphatic heterocycles. The summed E-state index contributed by atoms with van der Waals surface area (Å²) in [4.78, 5) is 63.8. The van der Waals surface area contributed by atoms with Crippen molar-refractivity contribution in [2.45, 2.75) is 59.2 Å². The molecule has 5 rings (SSSR count). The molecule has 0 fully saturated rings. The van der Waals surface area contributed by atoms with Crippen molar-refractivity contribution < 1.29 is 23.6 Å². The molecule has 4 heterocycles. The first-order chi connectivity index (χ1) is 22.0. The molecule has 13 nitrogen and oxygen atoms in total. The summed E-state index contributed by atoms with van der Waals surface area (Å²) in [5.74, 6) is -1.30. The Morgan fingerprint density at radius 1 is 1.04 bits per heavy atom. The van der Waals surface area contributed by atoms with E-state index >= 15 is 0 Å². The SMILES string of the molecule is Cc1cc(C)n(CC(=O)N2CCNC(=O)c3csc(n3)[C@H](CC(C)C)NC(=O)c3coc(n3)[C@H](Cc3ccccc3)NC(=O)C2)n1. The molecule has 4 amide bonds. The number of nitrogens with one attached hydrogen (secondary N) is 3. The fourth-order valence-corrected chi connectivity index (χ4v) is 6.10. The molecule has 0 spiro atoms. The zero-order chi connectivity index (χ0) is 32.8. The van der Waals surface area contributed by atoms with E-state index in [1.54, 1.807) is 10.1 Å². The van der Waals surface area contributed by atoms with Crippen molar-refractivity contribution in [3.05, 3.63) is 87.3 Å². The van der Waals surface area contributed by atoms with Crippen LogP contribution in [0.4, 0.5) is 0 Å². The minimum Gasteiger partial charge on any atom is -0.446 e. The number of amides is 4. The third kappa shape index (κ3) is 8.24. The van der Waals surface area contributed by atoms with E-state index in [9.17, 15) is 19.2 Å². The van der Waals surface area contributed by atoms with E-state index in [1.807, 2.05) is 64.1 Å². The van der Waals surface area contributed by atoms with Gasteiger partial charge in [0, 0.05) is 30.6 Å². The normalized spacial score (nSPS) is 18.0. The van der Waals surface area contributed by atoms with Crippen molar-refractivity contribution in [1.29, 1.82) is 0 Å². The topological polar surface area (TPSA) is 164 Å². The van der Waals surface area contributed by atoms with Crippen LogP contribution < -0.4 is 16.0 Å². The third-order valence-electron chi connectivity index (χ3n) is 7.48. The predicted molar refractivity (Wildman–Crippen MR) is 170 cm³/mol. The highest BCUT2D eigenvalue weighted by Crippen LogP contribution is 2.26. The molecule has 0 radical (unpaired) electrons. The molecular formula is C32H38N8O5S. The van der Waals surface area contributed by atoms with E-state index in [0.29, 0.717) is 17.8 Å². The highest BCUT2D eigenvalue weighted by atomic mass is 32.1. The second-order valence-corrected chi connectivity index (χ2v) is 12.7. The number of nitrogens with zero attached hydrogens (tertiary/aromatic N) is 5. The van der Waals surface area contributed by atoms with Crippen molar-refractivity contribution >= 4 is 35.0 Å². The second-order valence-electron chi connectivity index (χ2n) is 11.8. The molecule has 1 aromatic carbocycles. The maximum atomic E-state index is 13.5. The maximum Gasteiger partial charge on any atom is 0.273 e. The molecule has 0 saturated carbocycles. The van der Waals surface area contributed by atoms with Crippen LogP contribution in [-0.2, 0) is 22.6 Å². The van der Waals surface area contributed by atoms with E-state index in [4.69, 9.17) is 4.42 Å². The first-order valence-corrected chi connectivity index (χ1v) is 16.1. The van der Waals surface area contributed by atoms with Gasteiger partial charge in [-0.2, -0.15) is 5.10 Å². The lowest BCUT2D eigenvalue weighted by Gasteiger charge is -2.24. The Kier molecular flexibility index (Phi) is 10.3. The Balaban J connectivity index is 1.46. The van der Waals surface area contributed by atoms with E-state index in [1.165, 1.54) is 22.5 Å². The summed E-state index contributed by atoms with van der Waals surface area (Å²) in [6, 6.07) is 10.2. The monoisotopic (exact) mass is 646 g/mol. The van der Waals surface area contributed by atoms with Gasteiger partial charge in [0.1, 0.15) is 29.6 Å². The van der Waals surface area contributed by atoms with Gasteiger partial charge >= 0.3 is 0 Å². The Bertz CT molecular complexity index is 1690. The minimum atomic E-state index is -0.726. The van der Waals surface area contributed by atoms with Gasteiger partial charge in [0.25, 0.3) is 11.8 Å². The molecular weight excluding hydrogens is 608 g/mol. The Morgan fingerprint density at radius 3 is 2.54 bits per heavy atom. The van der Waals surface area contributed by atoms with Crippen LogP contribution >= 0.6 is 11.3 Å². The van der Waals surface area contributed by atoms with Gasteiger partial charge in [-0.3, -0.25) is 23.9 Å². The number of benzene rings is 1. The molecule has 4 aromatic rings. The number of oxazole rings is 1. The molecule has 2 atom stereocenters. The van der Waals surface area contributed by atoms with Crippen LogP contribution in [0.2, 0.25) is 0 Å². The van der Waals surface area contributed by atoms with Gasteiger partial charge in [-0.05, 0) is 37.8 Å². The summed E-state index contributed by atoms with van der Waals surface area (Å²) < 4.78 is 7.35. The van der Waals surface area contributed by atoms with Crippen LogP contribution in [0.1, 0.15) is 81.2 Å². The van der Waals surface area contributed by atoms with Gasteiger partial charge in [-0.1, -0.05) is 44.2 Å². The molecule has 0 unspecified atom stereocenters. The van der Waals surface area contributed by atoms with Gasteiger partial charge < -0.3 is 25.3 Å². The molecule has 0 aliphatic carbocycles. The van der Waals surface area contributed by atoms with Crippen LogP contribution in [0.15, 0.2) is 52.5 Å². The summed E-state index contributed by atoms with van der Waals surface area (Å²) in [6.45, 7) is 7.57. The van der Waals surface area contributed by atoms with Crippen LogP contribution in [0.5, 0.6) is 0 Å². The van der Waals surface area contributed by atoms with Crippen LogP contribution in [0, 0.1) is 19.8 Å². The fraction of sp³-hybridized carbons (Fsp3) is 0.406. The van der Waals surface area contributed by atoms with Crippen LogP contribution in [0.25, 0.3) is 0 Å². The van der Waals surface area contributed by atoms with E-state index < -0.39 is 29.8 Å². The number of aryl methyl sites for hydroxylation is 2. The summed E-state index contributed by atoms with van der Waals surface area (Å²) in [5.41, 5.74) is 2.75. The van der Waals surface area contributed by atoms with Crippen LogP contribution in [0.3, 0.4) is 0 Å². The number of carbonyl (C=O) groups excluding carboxylic acids is 4. The summed E-state index contributed by atoms with van der Waals surface area (Å²) in [5, 5.41) is 15.4. The summed E-state index contributed by atoms with van der Waals surface area (Å²) >= 11 is 1.28. The van der Waals surface area contributed by atoms with Gasteiger partial charge in [0.15, 0.2) is 5.69 Å². The zero-order valence-corrected chi connectivity index (χ0v) is 27.1. The molecule has 0 saturated heterocycles. The molecule has 14 heteroatoms. The molecule has 3 N–H and O–H groups in total. The van der Waals surface area contributed by atoms with Crippen molar-refractivity contribution in [3.63, 3.8) is 0 Å². The van der Waals surface area contributed by atoms with Gasteiger partial charge in [-0.15, -0.1) is 11.3 Å². The number of carbonyl (C=O) groups is 4. The lowest BCUT2D eigenvalue weighted by atomic mass is 10.0. The summed E-state index contributed by atoms with van der Waals surface area (Å²) in [6.07, 6.45) is 2.19. The van der Waals surface area contributed by atoms with E-state index in [2.05, 4.69) is 31.0 Å². The average Bonchev–Trinajstić information content (AvgIpc) is 3.76. The quantitative estimate of drug-likeness (QED) is 0.288. The number of thiazole rings is 1. The highest BCUT2D eigenvalue weighted by molar-refractivity contribution is 7.09. The Morgan fingerprint density at radius 2 is 1.83 bits per heavy atom. The van der Waals surface area contributed by atoms with Crippen molar-refractivity contribution in [3.8, 4) is 0 Å². The molecule has 3 aromatic heterocycles. The first kappa shape index (κ1) is 32.5. The number of aromatic nitrogens is 4. The lowest BCUT2D eigenvalue weighted by Crippen LogP contribution is -2.46. The standard InChI is InChI=1S/C32H38N8O5S/c1-19(2)12-24-32-37-26(18-46-32)29(43)33-10-11-39(28(42)16-40-21(4)13-20(3)38-40)15-27(41)34-23(14-22-8-6-5-7-9-22)31-36-25(17-45-31)30(44)35-24/h5-9,13,17-19,23-24H,10-12,14-16H2,1-4H3,(H,33,43)(H,34,41)(H,35,44)/t23-,24-/m0/s1. The molecule has 4 bridgehead atoms. The Labute approximate surface area is 270 Å². The zero-order valence-electron chi connectivity index (χ0n) is 26.3. The number of rotatable bonds is 6. The lowest BCUT2D eigenvalue weighted by molar-refractivity contribution is -0.137. The fourth-order valence-electron chi connectivity index (χ4n) is 5.24. The van der Waals surface area contributed by atoms with Gasteiger partial charge in [0.05, 0.1) is 18.3 Å². The minimum absolute atomic E-state index is 0.0494. The van der Waals surface area contributed by atoms with Crippen molar-refractivity contribution in [2.75, 3.05) is 19.6 Å². The van der Waals surface area contributed by atoms with E-state index in [-0.39, 0.29) is 55.3 Å². The maximum absolute atomic E-state index is 13.5.